The molecule has 0 aliphatic rings. The van der Waals surface area contributed by atoms with E-state index in [0.717, 1.165) is 5.82 Å². The minimum Gasteiger partial charge on any atom is -0.374 e. The van der Waals surface area contributed by atoms with Crippen molar-refractivity contribution in [2.24, 2.45) is 5.84 Å². The molecule has 0 aliphatic carbocycles. The summed E-state index contributed by atoms with van der Waals surface area (Å²) in [4.78, 5) is 8.55. The summed E-state index contributed by atoms with van der Waals surface area (Å²) in [5, 5.41) is 3.90. The van der Waals surface area contributed by atoms with Gasteiger partial charge in [-0.3, -0.25) is 0 Å². The summed E-state index contributed by atoms with van der Waals surface area (Å²) >= 11 is 1.47. The number of rotatable bonds is 7. The van der Waals surface area contributed by atoms with Crippen LogP contribution in [0.25, 0.3) is 0 Å². The first-order valence-corrected chi connectivity index (χ1v) is 7.00. The van der Waals surface area contributed by atoms with Gasteiger partial charge < -0.3 is 15.5 Å². The second kappa shape index (κ2) is 6.77. The van der Waals surface area contributed by atoms with E-state index in [0.29, 0.717) is 24.1 Å². The monoisotopic (exact) mass is 271 g/mol. The summed E-state index contributed by atoms with van der Waals surface area (Å²) in [5.41, 5.74) is 2.29. The number of nitrogen functional groups attached to an aromatic ring is 1. The Kier molecular flexibility index (Phi) is 5.64. The summed E-state index contributed by atoms with van der Waals surface area (Å²) in [5.74, 6) is 6.69. The Hall–Kier alpha value is -1.05. The first-order chi connectivity index (χ1) is 8.50. The number of hydrazine groups is 1. The van der Waals surface area contributed by atoms with Gasteiger partial charge in [-0.1, -0.05) is 11.8 Å². The van der Waals surface area contributed by atoms with Crippen molar-refractivity contribution in [1.82, 2.24) is 9.97 Å². The Bertz CT molecular complexity index is 363. The van der Waals surface area contributed by atoms with E-state index in [4.69, 9.17) is 10.6 Å². The first kappa shape index (κ1) is 15.0. The minimum atomic E-state index is -0.241. The van der Waals surface area contributed by atoms with E-state index in [-0.39, 0.29) is 5.60 Å². The van der Waals surface area contributed by atoms with Gasteiger partial charge in [0.1, 0.15) is 11.6 Å². The lowest BCUT2D eigenvalue weighted by Crippen LogP contribution is -2.33. The summed E-state index contributed by atoms with van der Waals surface area (Å²) in [6.45, 7) is 7.39. The van der Waals surface area contributed by atoms with Crippen molar-refractivity contribution in [3.05, 3.63) is 6.07 Å². The SMILES string of the molecule is CCOC(C)(C)CNc1cc(NN)nc(SC)n1. The lowest BCUT2D eigenvalue weighted by atomic mass is 10.1. The van der Waals surface area contributed by atoms with Crippen LogP contribution in [-0.4, -0.2) is 35.0 Å². The number of ether oxygens (including phenoxy) is 1. The topological polar surface area (TPSA) is 85.1 Å². The third kappa shape index (κ3) is 4.67. The van der Waals surface area contributed by atoms with Crippen molar-refractivity contribution >= 4 is 23.4 Å². The van der Waals surface area contributed by atoms with Gasteiger partial charge in [-0.15, -0.1) is 0 Å². The molecule has 1 rings (SSSR count). The van der Waals surface area contributed by atoms with Crippen molar-refractivity contribution in [1.29, 1.82) is 0 Å². The van der Waals surface area contributed by atoms with Gasteiger partial charge in [-0.25, -0.2) is 15.8 Å². The Morgan fingerprint density at radius 3 is 2.61 bits per heavy atom. The summed E-state index contributed by atoms with van der Waals surface area (Å²) in [6, 6.07) is 1.77. The van der Waals surface area contributed by atoms with Gasteiger partial charge in [-0.2, -0.15) is 0 Å². The van der Waals surface area contributed by atoms with Crippen LogP contribution in [-0.2, 0) is 4.74 Å². The number of anilines is 2. The molecule has 6 nitrogen and oxygen atoms in total. The largest absolute Gasteiger partial charge is 0.374 e. The van der Waals surface area contributed by atoms with Crippen LogP contribution in [0, 0.1) is 0 Å². The zero-order valence-corrected chi connectivity index (χ0v) is 12.1. The molecule has 1 aromatic rings. The van der Waals surface area contributed by atoms with Crippen LogP contribution in [0.2, 0.25) is 0 Å². The van der Waals surface area contributed by atoms with Gasteiger partial charge >= 0.3 is 0 Å². The van der Waals surface area contributed by atoms with E-state index in [1.165, 1.54) is 11.8 Å². The average Bonchev–Trinajstić information content (AvgIpc) is 2.36. The smallest absolute Gasteiger partial charge is 0.191 e. The van der Waals surface area contributed by atoms with Gasteiger partial charge in [-0.05, 0) is 27.0 Å². The number of aromatic nitrogens is 2. The van der Waals surface area contributed by atoms with Crippen LogP contribution in [0.15, 0.2) is 11.2 Å². The highest BCUT2D eigenvalue weighted by atomic mass is 32.2. The second-order valence-corrected chi connectivity index (χ2v) is 5.09. The summed E-state index contributed by atoms with van der Waals surface area (Å²) < 4.78 is 5.61. The molecule has 0 aromatic carbocycles. The minimum absolute atomic E-state index is 0.241. The third-order valence-electron chi connectivity index (χ3n) is 2.27. The lowest BCUT2D eigenvalue weighted by Gasteiger charge is -2.25. The quantitative estimate of drug-likeness (QED) is 0.301. The highest BCUT2D eigenvalue weighted by Crippen LogP contribution is 2.18. The van der Waals surface area contributed by atoms with Crippen LogP contribution in [0.3, 0.4) is 0 Å². The Balaban J connectivity index is 2.72. The van der Waals surface area contributed by atoms with Gasteiger partial charge in [0.25, 0.3) is 0 Å². The third-order valence-corrected chi connectivity index (χ3v) is 2.81. The molecule has 0 atom stereocenters. The van der Waals surface area contributed by atoms with Crippen molar-refractivity contribution in [3.8, 4) is 0 Å². The molecule has 0 amide bonds. The molecule has 0 saturated heterocycles. The molecule has 1 heterocycles. The van der Waals surface area contributed by atoms with Crippen molar-refractivity contribution in [2.75, 3.05) is 30.1 Å². The fourth-order valence-electron chi connectivity index (χ4n) is 1.43. The van der Waals surface area contributed by atoms with Crippen LogP contribution in [0.1, 0.15) is 20.8 Å². The van der Waals surface area contributed by atoms with Gasteiger partial charge in [0.2, 0.25) is 0 Å². The van der Waals surface area contributed by atoms with Gasteiger partial charge in [0.05, 0.1) is 5.60 Å². The number of nitrogens with two attached hydrogens (primary N) is 1. The van der Waals surface area contributed by atoms with E-state index in [1.54, 1.807) is 6.07 Å². The van der Waals surface area contributed by atoms with Gasteiger partial charge in [0, 0.05) is 19.2 Å². The summed E-state index contributed by atoms with van der Waals surface area (Å²) in [7, 11) is 0. The maximum absolute atomic E-state index is 5.61. The predicted octanol–water partition coefficient (Wildman–Crippen LogP) is 1.71. The molecule has 0 spiro atoms. The maximum Gasteiger partial charge on any atom is 0.191 e. The van der Waals surface area contributed by atoms with Crippen LogP contribution < -0.4 is 16.6 Å². The molecule has 0 unspecified atom stereocenters. The van der Waals surface area contributed by atoms with E-state index in [2.05, 4.69) is 20.7 Å². The summed E-state index contributed by atoms with van der Waals surface area (Å²) in [6.07, 6.45) is 1.92. The maximum atomic E-state index is 5.61. The van der Waals surface area contributed by atoms with E-state index in [1.807, 2.05) is 27.0 Å². The first-order valence-electron chi connectivity index (χ1n) is 5.78. The van der Waals surface area contributed by atoms with E-state index < -0.39 is 0 Å². The Morgan fingerprint density at radius 2 is 2.06 bits per heavy atom. The van der Waals surface area contributed by atoms with Crippen LogP contribution >= 0.6 is 11.8 Å². The van der Waals surface area contributed by atoms with E-state index in [9.17, 15) is 0 Å². The molecular weight excluding hydrogens is 250 g/mol. The predicted molar refractivity (Wildman–Crippen MR) is 75.8 cm³/mol. The highest BCUT2D eigenvalue weighted by Gasteiger charge is 2.17. The molecule has 0 bridgehead atoms. The number of nitrogens with one attached hydrogen (secondary N) is 2. The molecule has 7 heteroatoms. The molecule has 1 aromatic heterocycles. The molecule has 4 N–H and O–H groups in total. The van der Waals surface area contributed by atoms with Crippen LogP contribution in [0.4, 0.5) is 11.6 Å². The molecular formula is C11H21N5OS. The average molecular weight is 271 g/mol. The zero-order chi connectivity index (χ0) is 13.6. The number of hydrogen-bond donors (Lipinski definition) is 3. The van der Waals surface area contributed by atoms with Crippen molar-refractivity contribution in [3.63, 3.8) is 0 Å². The van der Waals surface area contributed by atoms with E-state index >= 15 is 0 Å². The molecule has 0 fully saturated rings. The number of nitrogens with zero attached hydrogens (tertiary/aromatic N) is 2. The lowest BCUT2D eigenvalue weighted by molar-refractivity contribution is 0.000634. The zero-order valence-electron chi connectivity index (χ0n) is 11.3. The highest BCUT2D eigenvalue weighted by molar-refractivity contribution is 7.98. The van der Waals surface area contributed by atoms with Crippen molar-refractivity contribution in [2.45, 2.75) is 31.5 Å². The second-order valence-electron chi connectivity index (χ2n) is 4.32. The van der Waals surface area contributed by atoms with Crippen LogP contribution in [0.5, 0.6) is 0 Å². The Morgan fingerprint density at radius 1 is 1.39 bits per heavy atom. The van der Waals surface area contributed by atoms with Crippen molar-refractivity contribution < 1.29 is 4.74 Å². The molecule has 0 aliphatic heterocycles. The molecule has 18 heavy (non-hydrogen) atoms. The fourth-order valence-corrected chi connectivity index (χ4v) is 1.81. The molecule has 102 valence electrons. The fraction of sp³-hybridized carbons (Fsp3) is 0.636. The number of thioether (sulfide) groups is 1. The normalized spacial score (nSPS) is 11.4. The Labute approximate surface area is 112 Å². The standard InChI is InChI=1S/C11H21N5OS/c1-5-17-11(2,3)7-13-8-6-9(16-12)15-10(14-8)18-4/h6H,5,7,12H2,1-4H3,(H2,13,14,15,16). The molecule has 0 radical (unpaired) electrons. The molecule has 0 saturated carbocycles. The van der Waals surface area contributed by atoms with Gasteiger partial charge in [0.15, 0.2) is 5.16 Å². The number of hydrogen-bond acceptors (Lipinski definition) is 7.